The van der Waals surface area contributed by atoms with Gasteiger partial charge in [0.15, 0.2) is 0 Å². The van der Waals surface area contributed by atoms with Gasteiger partial charge in [-0.25, -0.2) is 4.68 Å². The lowest BCUT2D eigenvalue weighted by atomic mass is 10.1. The third-order valence-electron chi connectivity index (χ3n) is 3.41. The summed E-state index contributed by atoms with van der Waals surface area (Å²) in [5, 5.41) is 4.41. The molecule has 2 N–H and O–H groups in total. The van der Waals surface area contributed by atoms with Crippen LogP contribution < -0.4 is 5.73 Å². The summed E-state index contributed by atoms with van der Waals surface area (Å²) in [6.07, 6.45) is -3.63. The number of nitrogens with two attached hydrogens (primary N) is 1. The Balaban J connectivity index is 2.39. The van der Waals surface area contributed by atoms with E-state index in [1.54, 1.807) is 4.68 Å². The van der Waals surface area contributed by atoms with Crippen LogP contribution in [0.4, 0.5) is 13.2 Å². The lowest BCUT2D eigenvalue weighted by molar-refractivity contribution is -0.137. The zero-order chi connectivity index (χ0) is 15.8. The number of halogens is 3. The Hall–Kier alpha value is -1.82. The minimum Gasteiger partial charge on any atom is -0.328 e. The van der Waals surface area contributed by atoms with Gasteiger partial charge < -0.3 is 5.73 Å². The van der Waals surface area contributed by atoms with E-state index in [-0.39, 0.29) is 6.04 Å². The number of aryl methyl sites for hydroxylation is 1. The molecule has 0 aliphatic rings. The average Bonchev–Trinajstić information content (AvgIpc) is 2.65. The van der Waals surface area contributed by atoms with Gasteiger partial charge >= 0.3 is 6.18 Å². The van der Waals surface area contributed by atoms with Crippen molar-refractivity contribution in [1.82, 2.24) is 9.78 Å². The molecule has 6 heteroatoms. The SMILES string of the molecule is Cc1nn(-c2ccc(C(F)(F)F)cc2)c(C)c1CC(C)N. The van der Waals surface area contributed by atoms with Gasteiger partial charge in [0, 0.05) is 11.7 Å². The fourth-order valence-corrected chi connectivity index (χ4v) is 2.34. The third-order valence-corrected chi connectivity index (χ3v) is 3.41. The van der Waals surface area contributed by atoms with E-state index in [0.717, 1.165) is 29.1 Å². The minimum atomic E-state index is -4.33. The summed E-state index contributed by atoms with van der Waals surface area (Å²) in [4.78, 5) is 0. The van der Waals surface area contributed by atoms with Crippen LogP contribution in [0, 0.1) is 13.8 Å². The molecule has 1 aromatic carbocycles. The molecular weight excluding hydrogens is 279 g/mol. The van der Waals surface area contributed by atoms with Gasteiger partial charge in [0.05, 0.1) is 16.9 Å². The highest BCUT2D eigenvalue weighted by Crippen LogP contribution is 2.30. The van der Waals surface area contributed by atoms with Gasteiger partial charge in [-0.15, -0.1) is 0 Å². The van der Waals surface area contributed by atoms with E-state index in [0.29, 0.717) is 12.1 Å². The van der Waals surface area contributed by atoms with Crippen molar-refractivity contribution in [2.24, 2.45) is 5.73 Å². The summed E-state index contributed by atoms with van der Waals surface area (Å²) in [6.45, 7) is 5.69. The monoisotopic (exact) mass is 297 g/mol. The van der Waals surface area contributed by atoms with Crippen molar-refractivity contribution in [1.29, 1.82) is 0 Å². The van der Waals surface area contributed by atoms with Crippen LogP contribution in [0.25, 0.3) is 5.69 Å². The molecule has 114 valence electrons. The Kier molecular flexibility index (Phi) is 4.09. The topological polar surface area (TPSA) is 43.8 Å². The smallest absolute Gasteiger partial charge is 0.328 e. The minimum absolute atomic E-state index is 0.00709. The van der Waals surface area contributed by atoms with Crippen LogP contribution in [0.15, 0.2) is 24.3 Å². The van der Waals surface area contributed by atoms with Gasteiger partial charge in [-0.1, -0.05) is 0 Å². The van der Waals surface area contributed by atoms with Crippen LogP contribution >= 0.6 is 0 Å². The van der Waals surface area contributed by atoms with Gasteiger partial charge in [0.25, 0.3) is 0 Å². The second-order valence-electron chi connectivity index (χ2n) is 5.29. The molecule has 1 atom stereocenters. The van der Waals surface area contributed by atoms with Crippen molar-refractivity contribution in [2.45, 2.75) is 39.4 Å². The second kappa shape index (κ2) is 5.52. The quantitative estimate of drug-likeness (QED) is 0.943. The molecule has 2 rings (SSSR count). The Bertz CT molecular complexity index is 625. The van der Waals surface area contributed by atoms with Crippen molar-refractivity contribution >= 4 is 0 Å². The van der Waals surface area contributed by atoms with E-state index in [1.165, 1.54) is 12.1 Å². The summed E-state index contributed by atoms with van der Waals surface area (Å²) in [6, 6.07) is 5.00. The predicted molar refractivity (Wildman–Crippen MR) is 75.4 cm³/mol. The number of alkyl halides is 3. The van der Waals surface area contributed by atoms with Gasteiger partial charge in [-0.05, 0) is 57.0 Å². The third kappa shape index (κ3) is 3.26. The zero-order valence-electron chi connectivity index (χ0n) is 12.2. The van der Waals surface area contributed by atoms with Crippen molar-refractivity contribution < 1.29 is 13.2 Å². The van der Waals surface area contributed by atoms with Gasteiger partial charge in [0.1, 0.15) is 0 Å². The molecule has 3 nitrogen and oxygen atoms in total. The van der Waals surface area contributed by atoms with Crippen molar-refractivity contribution in [2.75, 3.05) is 0 Å². The maximum absolute atomic E-state index is 12.6. The Morgan fingerprint density at radius 1 is 1.19 bits per heavy atom. The molecule has 2 aromatic rings. The van der Waals surface area contributed by atoms with E-state index in [9.17, 15) is 13.2 Å². The standard InChI is InChI=1S/C15H18F3N3/c1-9(19)8-14-10(2)20-21(11(14)3)13-6-4-12(5-7-13)15(16,17)18/h4-7,9H,8,19H2,1-3H3. The number of benzene rings is 1. The molecule has 0 saturated carbocycles. The molecule has 0 saturated heterocycles. The summed E-state index contributed by atoms with van der Waals surface area (Å²) >= 11 is 0. The first-order chi connectivity index (χ1) is 9.70. The predicted octanol–water partition coefficient (Wildman–Crippen LogP) is 3.40. The number of aromatic nitrogens is 2. The fourth-order valence-electron chi connectivity index (χ4n) is 2.34. The normalized spacial score (nSPS) is 13.5. The van der Waals surface area contributed by atoms with Crippen molar-refractivity contribution in [3.63, 3.8) is 0 Å². The van der Waals surface area contributed by atoms with Gasteiger partial charge in [0.2, 0.25) is 0 Å². The number of rotatable bonds is 3. The van der Waals surface area contributed by atoms with Gasteiger partial charge in [-0.2, -0.15) is 18.3 Å². The molecule has 0 fully saturated rings. The first-order valence-corrected chi connectivity index (χ1v) is 6.68. The highest BCUT2D eigenvalue weighted by molar-refractivity contribution is 5.39. The second-order valence-corrected chi connectivity index (χ2v) is 5.29. The highest BCUT2D eigenvalue weighted by Gasteiger charge is 2.30. The first-order valence-electron chi connectivity index (χ1n) is 6.68. The van der Waals surface area contributed by atoms with Crippen LogP contribution in [-0.2, 0) is 12.6 Å². The maximum atomic E-state index is 12.6. The lowest BCUT2D eigenvalue weighted by Gasteiger charge is -2.09. The average molecular weight is 297 g/mol. The van der Waals surface area contributed by atoms with E-state index in [4.69, 9.17) is 5.73 Å². The van der Waals surface area contributed by atoms with Crippen molar-refractivity contribution in [3.05, 3.63) is 46.8 Å². The molecule has 1 unspecified atom stereocenters. The highest BCUT2D eigenvalue weighted by atomic mass is 19.4. The zero-order valence-corrected chi connectivity index (χ0v) is 12.2. The molecule has 21 heavy (non-hydrogen) atoms. The Morgan fingerprint density at radius 3 is 2.24 bits per heavy atom. The summed E-state index contributed by atoms with van der Waals surface area (Å²) in [5.41, 5.74) is 8.57. The van der Waals surface area contributed by atoms with Crippen LogP contribution in [0.5, 0.6) is 0 Å². The largest absolute Gasteiger partial charge is 0.416 e. The number of hydrogen-bond acceptors (Lipinski definition) is 2. The molecule has 0 spiro atoms. The molecule has 0 bridgehead atoms. The summed E-state index contributed by atoms with van der Waals surface area (Å²) in [5.74, 6) is 0. The van der Waals surface area contributed by atoms with E-state index in [2.05, 4.69) is 5.10 Å². The number of hydrogen-bond donors (Lipinski definition) is 1. The van der Waals surface area contributed by atoms with E-state index >= 15 is 0 Å². The molecule has 1 heterocycles. The van der Waals surface area contributed by atoms with E-state index < -0.39 is 11.7 Å². The van der Waals surface area contributed by atoms with E-state index in [1.807, 2.05) is 20.8 Å². The lowest BCUT2D eigenvalue weighted by Crippen LogP contribution is -2.18. The van der Waals surface area contributed by atoms with Crippen LogP contribution in [0.2, 0.25) is 0 Å². The number of nitrogens with zero attached hydrogens (tertiary/aromatic N) is 2. The van der Waals surface area contributed by atoms with Crippen LogP contribution in [0.1, 0.15) is 29.4 Å². The summed E-state index contributed by atoms with van der Waals surface area (Å²) in [7, 11) is 0. The molecule has 0 amide bonds. The molecule has 0 aliphatic carbocycles. The fraction of sp³-hybridized carbons (Fsp3) is 0.400. The molecule has 0 aliphatic heterocycles. The van der Waals surface area contributed by atoms with Crippen LogP contribution in [0.3, 0.4) is 0 Å². The van der Waals surface area contributed by atoms with Gasteiger partial charge in [-0.3, -0.25) is 0 Å². The molecule has 1 aromatic heterocycles. The first kappa shape index (κ1) is 15.6. The van der Waals surface area contributed by atoms with Crippen LogP contribution in [-0.4, -0.2) is 15.8 Å². The Labute approximate surface area is 121 Å². The Morgan fingerprint density at radius 2 is 1.76 bits per heavy atom. The summed E-state index contributed by atoms with van der Waals surface area (Å²) < 4.78 is 39.4. The molecule has 0 radical (unpaired) electrons. The maximum Gasteiger partial charge on any atom is 0.416 e. The molecular formula is C15H18F3N3. The van der Waals surface area contributed by atoms with Crippen molar-refractivity contribution in [3.8, 4) is 5.69 Å².